The average molecular weight is 535 g/mol. The second kappa shape index (κ2) is 7.59. The molecule has 0 fully saturated rings. The zero-order valence-corrected chi connectivity index (χ0v) is 23.1. The van der Waals surface area contributed by atoms with Gasteiger partial charge in [0.1, 0.15) is 0 Å². The Labute approximate surface area is 222 Å². The van der Waals surface area contributed by atoms with Crippen LogP contribution in [0.5, 0.6) is 0 Å². The van der Waals surface area contributed by atoms with Gasteiger partial charge in [0.2, 0.25) is 0 Å². The van der Waals surface area contributed by atoms with Gasteiger partial charge in [-0.2, -0.15) is 0 Å². The Bertz CT molecular complexity index is 1680. The van der Waals surface area contributed by atoms with E-state index in [-0.39, 0.29) is 16.9 Å². The average Bonchev–Trinajstić information content (AvgIpc) is 3.17. The highest BCUT2D eigenvalue weighted by atomic mass is 79.9. The van der Waals surface area contributed by atoms with Gasteiger partial charge < -0.3 is 4.90 Å². The summed E-state index contributed by atoms with van der Waals surface area (Å²) in [6.07, 6.45) is 7.48. The fourth-order valence-corrected chi connectivity index (χ4v) is 7.36. The van der Waals surface area contributed by atoms with Gasteiger partial charge >= 0.3 is 0 Å². The van der Waals surface area contributed by atoms with Crippen molar-refractivity contribution in [1.29, 1.82) is 0 Å². The summed E-state index contributed by atoms with van der Waals surface area (Å²) in [5, 5.41) is 5.22. The van der Waals surface area contributed by atoms with Crippen LogP contribution in [0.3, 0.4) is 0 Å². The van der Waals surface area contributed by atoms with Crippen molar-refractivity contribution in [2.45, 2.75) is 63.3 Å². The van der Waals surface area contributed by atoms with Crippen molar-refractivity contribution in [1.82, 2.24) is 0 Å². The van der Waals surface area contributed by atoms with Crippen LogP contribution in [-0.2, 0) is 10.8 Å². The molecular weight excluding hydrogens is 502 g/mol. The molecule has 0 amide bonds. The third-order valence-corrected chi connectivity index (χ3v) is 9.77. The lowest BCUT2D eigenvalue weighted by Gasteiger charge is -2.42. The summed E-state index contributed by atoms with van der Waals surface area (Å²) in [5.74, 6) is 0.347. The number of anilines is 2. The van der Waals surface area contributed by atoms with Gasteiger partial charge in [-0.15, -0.1) is 0 Å². The van der Waals surface area contributed by atoms with Crippen LogP contribution in [-0.4, -0.2) is 6.04 Å². The highest BCUT2D eigenvalue weighted by Crippen LogP contribution is 2.54. The van der Waals surface area contributed by atoms with Crippen molar-refractivity contribution in [3.05, 3.63) is 104 Å². The van der Waals surface area contributed by atoms with Gasteiger partial charge in [-0.1, -0.05) is 104 Å². The Hall–Kier alpha value is -2.84. The molecule has 0 saturated heterocycles. The minimum atomic E-state index is 0.184. The molecule has 2 atom stereocenters. The molecular formula is C34H32BrN. The SMILES string of the molecule is CC1(C)CCC(C)(C)c2cc3c(cc21)C1C=c2ccccc2=CC1N3c1ccc2c(Br)cccc2c1. The summed E-state index contributed by atoms with van der Waals surface area (Å²) in [5.41, 5.74) is 7.59. The van der Waals surface area contributed by atoms with Crippen LogP contribution in [0.25, 0.3) is 22.9 Å². The third-order valence-electron chi connectivity index (χ3n) is 9.08. The maximum atomic E-state index is 3.74. The quantitative estimate of drug-likeness (QED) is 0.241. The number of nitrogens with zero attached hydrogens (tertiary/aromatic N) is 1. The van der Waals surface area contributed by atoms with Crippen molar-refractivity contribution in [3.8, 4) is 0 Å². The van der Waals surface area contributed by atoms with E-state index in [0.717, 1.165) is 4.47 Å². The zero-order chi connectivity index (χ0) is 24.8. The molecule has 3 aliphatic rings. The molecule has 0 radical (unpaired) electrons. The summed E-state index contributed by atoms with van der Waals surface area (Å²) >= 11 is 3.74. The molecule has 0 bridgehead atoms. The molecule has 0 saturated carbocycles. The first-order chi connectivity index (χ1) is 17.2. The third kappa shape index (κ3) is 3.20. The fourth-order valence-electron chi connectivity index (χ4n) is 6.85. The van der Waals surface area contributed by atoms with Gasteiger partial charge in [0.05, 0.1) is 6.04 Å². The Balaban J connectivity index is 1.51. The summed E-state index contributed by atoms with van der Waals surface area (Å²) < 4.78 is 1.15. The molecule has 4 aromatic rings. The summed E-state index contributed by atoms with van der Waals surface area (Å²) in [6.45, 7) is 9.73. The number of rotatable bonds is 1. The number of fused-ring (bicyclic) bond motifs is 6. The lowest BCUT2D eigenvalue weighted by Crippen LogP contribution is -2.38. The summed E-state index contributed by atoms with van der Waals surface area (Å²) in [4.78, 5) is 2.62. The molecule has 0 aromatic heterocycles. The first-order valence-corrected chi connectivity index (χ1v) is 14.0. The second-order valence-corrected chi connectivity index (χ2v) is 13.1. The highest BCUT2D eigenvalue weighted by Gasteiger charge is 2.43. The van der Waals surface area contributed by atoms with Crippen LogP contribution < -0.4 is 15.3 Å². The topological polar surface area (TPSA) is 3.24 Å². The Kier molecular flexibility index (Phi) is 4.71. The van der Waals surface area contributed by atoms with E-state index in [2.05, 4.69) is 133 Å². The largest absolute Gasteiger partial charge is 0.333 e. The van der Waals surface area contributed by atoms with Gasteiger partial charge in [-0.3, -0.25) is 0 Å². The van der Waals surface area contributed by atoms with Crippen LogP contribution in [0.1, 0.15) is 63.1 Å². The van der Waals surface area contributed by atoms with E-state index < -0.39 is 0 Å². The lowest BCUT2D eigenvalue weighted by atomic mass is 9.62. The first-order valence-electron chi connectivity index (χ1n) is 13.2. The molecule has 0 spiro atoms. The van der Waals surface area contributed by atoms with E-state index in [0.29, 0.717) is 5.92 Å². The minimum absolute atomic E-state index is 0.184. The van der Waals surface area contributed by atoms with Crippen molar-refractivity contribution in [2.24, 2.45) is 0 Å². The predicted octanol–water partition coefficient (Wildman–Crippen LogP) is 7.83. The lowest BCUT2D eigenvalue weighted by molar-refractivity contribution is 0.332. The molecule has 0 N–H and O–H groups in total. The first kappa shape index (κ1) is 22.4. The van der Waals surface area contributed by atoms with Gasteiger partial charge in [-0.25, -0.2) is 0 Å². The van der Waals surface area contributed by atoms with Crippen LogP contribution in [0.15, 0.2) is 77.3 Å². The van der Waals surface area contributed by atoms with Crippen LogP contribution in [0.2, 0.25) is 0 Å². The molecule has 2 heteroatoms. The monoisotopic (exact) mass is 533 g/mol. The van der Waals surface area contributed by atoms with E-state index in [9.17, 15) is 0 Å². The normalized spacial score (nSPS) is 22.6. The molecule has 36 heavy (non-hydrogen) atoms. The maximum Gasteiger partial charge on any atom is 0.0635 e. The molecule has 180 valence electrons. The van der Waals surface area contributed by atoms with Crippen molar-refractivity contribution < 1.29 is 0 Å². The van der Waals surface area contributed by atoms with Gasteiger partial charge in [0.25, 0.3) is 0 Å². The molecule has 2 aliphatic carbocycles. The standard InChI is InChI=1S/C34H32BrN/c1-33(2)14-15-34(3,4)29-20-32-27(19-28(29)33)26-17-21-8-5-6-9-22(21)18-31(26)36(32)24-12-13-25-23(16-24)10-7-11-30(25)35/h5-13,16-20,26,31H,14-15H2,1-4H3. The summed E-state index contributed by atoms with van der Waals surface area (Å²) in [6, 6.07) is 27.7. The van der Waals surface area contributed by atoms with E-state index in [1.54, 1.807) is 5.56 Å². The number of halogens is 1. The van der Waals surface area contributed by atoms with Gasteiger partial charge in [0.15, 0.2) is 0 Å². The molecule has 1 aliphatic heterocycles. The number of benzene rings is 4. The van der Waals surface area contributed by atoms with E-state index in [1.807, 2.05) is 0 Å². The smallest absolute Gasteiger partial charge is 0.0635 e. The van der Waals surface area contributed by atoms with Crippen molar-refractivity contribution in [2.75, 3.05) is 4.90 Å². The van der Waals surface area contributed by atoms with Crippen molar-refractivity contribution in [3.63, 3.8) is 0 Å². The van der Waals surface area contributed by atoms with Gasteiger partial charge in [0, 0.05) is 21.8 Å². The van der Waals surface area contributed by atoms with Gasteiger partial charge in [-0.05, 0) is 85.8 Å². The van der Waals surface area contributed by atoms with E-state index in [1.165, 1.54) is 56.6 Å². The zero-order valence-electron chi connectivity index (χ0n) is 21.5. The highest BCUT2D eigenvalue weighted by molar-refractivity contribution is 9.10. The minimum Gasteiger partial charge on any atom is -0.333 e. The maximum absolute atomic E-state index is 3.74. The van der Waals surface area contributed by atoms with Crippen LogP contribution in [0.4, 0.5) is 11.4 Å². The Morgan fingerprint density at radius 3 is 2.19 bits per heavy atom. The molecule has 4 aromatic carbocycles. The summed E-state index contributed by atoms with van der Waals surface area (Å²) in [7, 11) is 0. The second-order valence-electron chi connectivity index (χ2n) is 12.2. The van der Waals surface area contributed by atoms with E-state index in [4.69, 9.17) is 0 Å². The van der Waals surface area contributed by atoms with E-state index >= 15 is 0 Å². The molecule has 7 rings (SSSR count). The Morgan fingerprint density at radius 2 is 1.44 bits per heavy atom. The molecule has 1 heterocycles. The molecule has 2 unspecified atom stereocenters. The number of hydrogen-bond donors (Lipinski definition) is 0. The molecule has 1 nitrogen and oxygen atoms in total. The number of hydrogen-bond acceptors (Lipinski definition) is 1. The van der Waals surface area contributed by atoms with Crippen LogP contribution >= 0.6 is 15.9 Å². The van der Waals surface area contributed by atoms with Crippen molar-refractivity contribution >= 4 is 50.2 Å². The fraction of sp³-hybridized carbons (Fsp3) is 0.294. The predicted molar refractivity (Wildman–Crippen MR) is 157 cm³/mol. The Morgan fingerprint density at radius 1 is 0.750 bits per heavy atom. The van der Waals surface area contributed by atoms with Crippen LogP contribution in [0, 0.1) is 0 Å².